The van der Waals surface area contributed by atoms with Crippen molar-refractivity contribution in [1.29, 1.82) is 0 Å². The highest BCUT2D eigenvalue weighted by Crippen LogP contribution is 2.11. The molecule has 3 atom stereocenters. The number of nitrogens with two attached hydrogens (primary N) is 1. The first-order valence-corrected chi connectivity index (χ1v) is 11.7. The van der Waals surface area contributed by atoms with E-state index in [0.29, 0.717) is 6.29 Å². The molecule has 0 heterocycles. The molecule has 0 fully saturated rings. The first-order chi connectivity index (χ1) is 17.6. The Kier molecular flexibility index (Phi) is 11.2. The van der Waals surface area contributed by atoms with Crippen molar-refractivity contribution in [2.24, 2.45) is 5.73 Å². The smallest absolute Gasteiger partial charge is 0.243 e. The summed E-state index contributed by atoms with van der Waals surface area (Å²) in [5.41, 5.74) is 7.49. The largest absolute Gasteiger partial charge is 0.508 e. The predicted molar refractivity (Wildman–Crippen MR) is 136 cm³/mol. The number of hydrogen-bond donors (Lipinski definition) is 5. The summed E-state index contributed by atoms with van der Waals surface area (Å²) >= 11 is 0. The lowest BCUT2D eigenvalue weighted by Crippen LogP contribution is -2.54. The second-order valence-electron chi connectivity index (χ2n) is 8.55. The molecule has 0 saturated heterocycles. The van der Waals surface area contributed by atoms with Gasteiger partial charge in [-0.05, 0) is 36.6 Å². The highest BCUT2D eigenvalue weighted by Gasteiger charge is 2.28. The van der Waals surface area contributed by atoms with Crippen LogP contribution in [0.15, 0.2) is 54.6 Å². The number of hydrogen-bond acceptors (Lipinski definition) is 7. The average Bonchev–Trinajstić information content (AvgIpc) is 2.90. The first kappa shape index (κ1) is 29.0. The molecule has 2 aromatic rings. The topological polar surface area (TPSA) is 171 Å². The highest BCUT2D eigenvalue weighted by atomic mass is 16.3. The fourth-order valence-corrected chi connectivity index (χ4v) is 3.48. The van der Waals surface area contributed by atoms with Crippen LogP contribution in [-0.4, -0.2) is 78.2 Å². The van der Waals surface area contributed by atoms with Gasteiger partial charge in [0.05, 0.1) is 19.1 Å². The Morgan fingerprint density at radius 1 is 0.919 bits per heavy atom. The molecule has 0 aromatic heterocycles. The summed E-state index contributed by atoms with van der Waals surface area (Å²) in [6.45, 7) is 0.871. The number of phenolic OH excluding ortho intramolecular Hbond substituents is 1. The summed E-state index contributed by atoms with van der Waals surface area (Å²) in [7, 11) is 1.44. The van der Waals surface area contributed by atoms with E-state index in [9.17, 15) is 29.1 Å². The molecule has 0 saturated carbocycles. The van der Waals surface area contributed by atoms with Gasteiger partial charge in [-0.3, -0.25) is 19.2 Å². The minimum Gasteiger partial charge on any atom is -0.508 e. The standard InChI is InChI=1S/C26H33N5O6/c1-17(30-25(36)21(27)14-19-8-10-20(33)11-9-19)24(35)29-16-23(34)31(2)22(26(37)28-12-13-32)15-18-6-4-3-5-7-18/h3-11,13,17,21-22,33H,12,14-16,27H2,1-2H3,(H,28,37)(H,29,35)(H,30,36)/t17-,21+,22+/m1/s1. The summed E-state index contributed by atoms with van der Waals surface area (Å²) in [6.07, 6.45) is 0.970. The molecule has 0 aliphatic rings. The molecule has 0 aliphatic carbocycles. The Balaban J connectivity index is 1.90. The molecule has 37 heavy (non-hydrogen) atoms. The molecule has 11 heteroatoms. The zero-order valence-electron chi connectivity index (χ0n) is 20.8. The van der Waals surface area contributed by atoms with Crippen LogP contribution < -0.4 is 21.7 Å². The summed E-state index contributed by atoms with van der Waals surface area (Å²) in [5, 5.41) is 16.8. The van der Waals surface area contributed by atoms with Gasteiger partial charge >= 0.3 is 0 Å². The van der Waals surface area contributed by atoms with Crippen molar-refractivity contribution in [3.05, 3.63) is 65.7 Å². The van der Waals surface area contributed by atoms with Crippen molar-refractivity contribution in [3.8, 4) is 5.75 Å². The van der Waals surface area contributed by atoms with Crippen LogP contribution in [0, 0.1) is 0 Å². The van der Waals surface area contributed by atoms with Crippen LogP contribution in [0.25, 0.3) is 0 Å². The Morgan fingerprint density at radius 2 is 1.54 bits per heavy atom. The van der Waals surface area contributed by atoms with Crippen molar-refractivity contribution in [1.82, 2.24) is 20.9 Å². The number of carbonyl (C=O) groups excluding carboxylic acids is 5. The molecule has 0 aliphatic heterocycles. The molecule has 6 N–H and O–H groups in total. The van der Waals surface area contributed by atoms with Crippen LogP contribution in [0.5, 0.6) is 5.75 Å². The van der Waals surface area contributed by atoms with Crippen LogP contribution in [-0.2, 0) is 36.8 Å². The number of phenols is 1. The number of aromatic hydroxyl groups is 1. The molecule has 0 spiro atoms. The minimum atomic E-state index is -0.965. The molecule has 4 amide bonds. The second-order valence-corrected chi connectivity index (χ2v) is 8.55. The lowest BCUT2D eigenvalue weighted by molar-refractivity contribution is -0.139. The van der Waals surface area contributed by atoms with Gasteiger partial charge in [0.25, 0.3) is 0 Å². The maximum absolute atomic E-state index is 12.8. The van der Waals surface area contributed by atoms with Gasteiger partial charge in [0.15, 0.2) is 0 Å². The fraction of sp³-hybridized carbons (Fsp3) is 0.346. The van der Waals surface area contributed by atoms with Crippen LogP contribution in [0.2, 0.25) is 0 Å². The van der Waals surface area contributed by atoms with Crippen molar-refractivity contribution in [2.45, 2.75) is 37.9 Å². The van der Waals surface area contributed by atoms with Gasteiger partial charge in [-0.15, -0.1) is 0 Å². The Bertz CT molecular complexity index is 1080. The van der Waals surface area contributed by atoms with E-state index >= 15 is 0 Å². The SMILES string of the molecule is C[C@@H](NC(=O)[C@@H](N)Cc1ccc(O)cc1)C(=O)NCC(=O)N(C)[C@@H](Cc1ccccc1)C(=O)NCC=O. The Labute approximate surface area is 215 Å². The van der Waals surface area contributed by atoms with E-state index in [1.54, 1.807) is 12.1 Å². The minimum absolute atomic E-state index is 0.0974. The predicted octanol–water partition coefficient (Wildman–Crippen LogP) is -0.732. The fourth-order valence-electron chi connectivity index (χ4n) is 3.48. The number of amides is 4. The zero-order chi connectivity index (χ0) is 27.4. The van der Waals surface area contributed by atoms with Crippen molar-refractivity contribution >= 4 is 29.9 Å². The van der Waals surface area contributed by atoms with Gasteiger partial charge in [0, 0.05) is 13.5 Å². The number of nitrogens with zero attached hydrogens (tertiary/aromatic N) is 1. The molecule has 0 unspecified atom stereocenters. The van der Waals surface area contributed by atoms with E-state index < -0.39 is 48.3 Å². The molecule has 198 valence electrons. The summed E-state index contributed by atoms with van der Waals surface area (Å²) in [4.78, 5) is 62.1. The number of nitrogens with one attached hydrogen (secondary N) is 3. The summed E-state index contributed by atoms with van der Waals surface area (Å²) in [5.74, 6) is -2.08. The Hall–Kier alpha value is -4.25. The molecular weight excluding hydrogens is 478 g/mol. The monoisotopic (exact) mass is 511 g/mol. The van der Waals surface area contributed by atoms with Gasteiger partial charge in [-0.2, -0.15) is 0 Å². The van der Waals surface area contributed by atoms with E-state index in [4.69, 9.17) is 5.73 Å². The third-order valence-corrected chi connectivity index (χ3v) is 5.69. The number of rotatable bonds is 13. The quantitative estimate of drug-likeness (QED) is 0.221. The third-order valence-electron chi connectivity index (χ3n) is 5.69. The van der Waals surface area contributed by atoms with E-state index in [1.807, 2.05) is 30.3 Å². The van der Waals surface area contributed by atoms with Crippen LogP contribution >= 0.6 is 0 Å². The van der Waals surface area contributed by atoms with Crippen LogP contribution in [0.3, 0.4) is 0 Å². The normalized spacial score (nSPS) is 12.9. The molecule has 0 bridgehead atoms. The summed E-state index contributed by atoms with van der Waals surface area (Å²) in [6, 6.07) is 12.6. The van der Waals surface area contributed by atoms with Gasteiger partial charge < -0.3 is 36.5 Å². The molecule has 11 nitrogen and oxygen atoms in total. The number of carbonyl (C=O) groups is 5. The first-order valence-electron chi connectivity index (χ1n) is 11.7. The maximum Gasteiger partial charge on any atom is 0.243 e. The van der Waals surface area contributed by atoms with Crippen LogP contribution in [0.4, 0.5) is 0 Å². The van der Waals surface area contributed by atoms with E-state index in [2.05, 4.69) is 16.0 Å². The van der Waals surface area contributed by atoms with E-state index in [1.165, 1.54) is 31.0 Å². The second kappa shape index (κ2) is 14.3. The zero-order valence-corrected chi connectivity index (χ0v) is 20.8. The number of benzene rings is 2. The molecule has 0 radical (unpaired) electrons. The molecule has 2 rings (SSSR count). The van der Waals surface area contributed by atoms with Gasteiger partial charge in [0.2, 0.25) is 23.6 Å². The van der Waals surface area contributed by atoms with Crippen LogP contribution in [0.1, 0.15) is 18.1 Å². The van der Waals surface area contributed by atoms with Gasteiger partial charge in [0.1, 0.15) is 24.1 Å². The number of aldehydes is 1. The molecule has 2 aromatic carbocycles. The average molecular weight is 512 g/mol. The lowest BCUT2D eigenvalue weighted by Gasteiger charge is -2.27. The lowest BCUT2D eigenvalue weighted by atomic mass is 10.0. The number of likely N-dealkylation sites (N-methyl/N-ethyl adjacent to an activating group) is 1. The molecular formula is C26H33N5O6. The Morgan fingerprint density at radius 3 is 2.16 bits per heavy atom. The van der Waals surface area contributed by atoms with Crippen molar-refractivity contribution < 1.29 is 29.1 Å². The van der Waals surface area contributed by atoms with Gasteiger partial charge in [-0.1, -0.05) is 42.5 Å². The maximum atomic E-state index is 12.8. The van der Waals surface area contributed by atoms with E-state index in [-0.39, 0.29) is 25.1 Å². The van der Waals surface area contributed by atoms with Crippen molar-refractivity contribution in [2.75, 3.05) is 20.1 Å². The highest BCUT2D eigenvalue weighted by molar-refractivity contribution is 5.93. The third kappa shape index (κ3) is 9.37. The van der Waals surface area contributed by atoms with Gasteiger partial charge in [-0.25, -0.2) is 0 Å². The summed E-state index contributed by atoms with van der Waals surface area (Å²) < 4.78 is 0. The van der Waals surface area contributed by atoms with E-state index in [0.717, 1.165) is 11.1 Å². The van der Waals surface area contributed by atoms with Crippen molar-refractivity contribution in [3.63, 3.8) is 0 Å².